The standard InChI is InChI=1S/C61H38N2/c1-3-16-42(17-4-1)61-55-38-58-54(47-21-13-14-26-57(47)63(58)46-19-5-2-6-20-46)37-52(55)53-36-44(33-34-56(53)62-61)40-27-30-41(31-28-40)59-48-22-9-11-24-50(48)60(51-25-12-10-23-49(51)59)45-32-29-39-15-7-8-18-43(39)35-45/h1-38H. The molecule has 63 heavy (non-hydrogen) atoms. The molecule has 0 saturated heterocycles. The summed E-state index contributed by atoms with van der Waals surface area (Å²) in [6, 6.07) is 84.1. The smallest absolute Gasteiger partial charge is 0.0788 e. The van der Waals surface area contributed by atoms with Crippen LogP contribution in [-0.4, -0.2) is 9.55 Å². The van der Waals surface area contributed by atoms with E-state index in [4.69, 9.17) is 4.98 Å². The summed E-state index contributed by atoms with van der Waals surface area (Å²) in [6.07, 6.45) is 0. The predicted octanol–water partition coefficient (Wildman–Crippen LogP) is 16.6. The van der Waals surface area contributed by atoms with Gasteiger partial charge in [0.2, 0.25) is 0 Å². The minimum absolute atomic E-state index is 0.984. The second-order valence-electron chi connectivity index (χ2n) is 16.6. The zero-order chi connectivity index (χ0) is 41.4. The van der Waals surface area contributed by atoms with E-state index in [1.165, 1.54) is 87.3 Å². The van der Waals surface area contributed by atoms with Crippen molar-refractivity contribution in [2.75, 3.05) is 0 Å². The molecule has 0 unspecified atom stereocenters. The Bertz CT molecular complexity index is 3880. The van der Waals surface area contributed by atoms with Gasteiger partial charge in [-0.05, 0) is 120 Å². The van der Waals surface area contributed by atoms with E-state index in [9.17, 15) is 0 Å². The molecule has 0 bridgehead atoms. The molecule has 11 aromatic carbocycles. The third-order valence-electron chi connectivity index (χ3n) is 13.1. The lowest BCUT2D eigenvalue weighted by Gasteiger charge is -2.18. The normalized spacial score (nSPS) is 11.8. The van der Waals surface area contributed by atoms with Crippen molar-refractivity contribution in [3.63, 3.8) is 0 Å². The monoisotopic (exact) mass is 798 g/mol. The van der Waals surface area contributed by atoms with Crippen molar-refractivity contribution in [2.24, 2.45) is 0 Å². The molecule has 13 rings (SSSR count). The van der Waals surface area contributed by atoms with Gasteiger partial charge in [0, 0.05) is 32.8 Å². The van der Waals surface area contributed by atoms with Gasteiger partial charge in [0.15, 0.2) is 0 Å². The Morgan fingerprint density at radius 2 is 0.825 bits per heavy atom. The van der Waals surface area contributed by atoms with E-state index in [0.29, 0.717) is 0 Å². The van der Waals surface area contributed by atoms with Crippen LogP contribution in [0.4, 0.5) is 0 Å². The van der Waals surface area contributed by atoms with Crippen molar-refractivity contribution < 1.29 is 0 Å². The summed E-state index contributed by atoms with van der Waals surface area (Å²) >= 11 is 0. The van der Waals surface area contributed by atoms with Crippen LogP contribution >= 0.6 is 0 Å². The summed E-state index contributed by atoms with van der Waals surface area (Å²) in [5.41, 5.74) is 13.9. The first-order valence-corrected chi connectivity index (χ1v) is 21.7. The van der Waals surface area contributed by atoms with Crippen LogP contribution in [0.3, 0.4) is 0 Å². The van der Waals surface area contributed by atoms with Gasteiger partial charge in [-0.1, -0.05) is 182 Å². The number of para-hydroxylation sites is 2. The fourth-order valence-electron chi connectivity index (χ4n) is 10.2. The van der Waals surface area contributed by atoms with Gasteiger partial charge in [-0.2, -0.15) is 0 Å². The molecule has 292 valence electrons. The molecule has 0 aliphatic rings. The van der Waals surface area contributed by atoms with Gasteiger partial charge in [-0.3, -0.25) is 0 Å². The van der Waals surface area contributed by atoms with Crippen LogP contribution in [0.2, 0.25) is 0 Å². The molecule has 2 heterocycles. The van der Waals surface area contributed by atoms with Crippen LogP contribution in [0.25, 0.3) is 126 Å². The summed E-state index contributed by atoms with van der Waals surface area (Å²) in [4.78, 5) is 5.42. The molecule has 0 atom stereocenters. The fraction of sp³-hybridized carbons (Fsp3) is 0. The second kappa shape index (κ2) is 14.1. The summed E-state index contributed by atoms with van der Waals surface area (Å²) in [7, 11) is 0. The molecule has 2 heteroatoms. The average Bonchev–Trinajstić information content (AvgIpc) is 3.68. The first kappa shape index (κ1) is 35.4. The molecular weight excluding hydrogens is 761 g/mol. The van der Waals surface area contributed by atoms with Crippen LogP contribution in [-0.2, 0) is 0 Å². The zero-order valence-corrected chi connectivity index (χ0v) is 34.3. The fourth-order valence-corrected chi connectivity index (χ4v) is 10.2. The number of benzene rings is 11. The maximum absolute atomic E-state index is 5.42. The number of hydrogen-bond donors (Lipinski definition) is 0. The van der Waals surface area contributed by atoms with E-state index in [1.807, 2.05) is 0 Å². The first-order chi connectivity index (χ1) is 31.2. The Morgan fingerprint density at radius 3 is 1.54 bits per heavy atom. The third kappa shape index (κ3) is 5.62. The minimum Gasteiger partial charge on any atom is -0.309 e. The van der Waals surface area contributed by atoms with E-state index < -0.39 is 0 Å². The van der Waals surface area contributed by atoms with E-state index in [-0.39, 0.29) is 0 Å². The quantitative estimate of drug-likeness (QED) is 0.125. The molecular formula is C61H38N2. The Kier molecular flexibility index (Phi) is 7.94. The summed E-state index contributed by atoms with van der Waals surface area (Å²) in [5, 5.41) is 13.5. The molecule has 2 nitrogen and oxygen atoms in total. The lowest BCUT2D eigenvalue weighted by molar-refractivity contribution is 1.18. The van der Waals surface area contributed by atoms with Gasteiger partial charge < -0.3 is 4.57 Å². The van der Waals surface area contributed by atoms with E-state index in [1.54, 1.807) is 0 Å². The molecule has 0 amide bonds. The van der Waals surface area contributed by atoms with Gasteiger partial charge in [0.25, 0.3) is 0 Å². The summed E-state index contributed by atoms with van der Waals surface area (Å²) < 4.78 is 2.39. The molecule has 13 aromatic rings. The van der Waals surface area contributed by atoms with Crippen LogP contribution in [0.1, 0.15) is 0 Å². The van der Waals surface area contributed by atoms with Crippen molar-refractivity contribution in [3.05, 3.63) is 231 Å². The highest BCUT2D eigenvalue weighted by atomic mass is 15.0. The molecule has 0 fully saturated rings. The predicted molar refractivity (Wildman–Crippen MR) is 268 cm³/mol. The van der Waals surface area contributed by atoms with Crippen LogP contribution in [0.5, 0.6) is 0 Å². The van der Waals surface area contributed by atoms with Gasteiger partial charge in [-0.15, -0.1) is 0 Å². The average molecular weight is 799 g/mol. The van der Waals surface area contributed by atoms with Crippen molar-refractivity contribution >= 4 is 75.8 Å². The van der Waals surface area contributed by atoms with Crippen LogP contribution < -0.4 is 0 Å². The third-order valence-corrected chi connectivity index (χ3v) is 13.1. The van der Waals surface area contributed by atoms with Crippen molar-refractivity contribution in [2.45, 2.75) is 0 Å². The number of pyridine rings is 1. The highest BCUT2D eigenvalue weighted by Crippen LogP contribution is 2.45. The van der Waals surface area contributed by atoms with Crippen molar-refractivity contribution in [3.8, 4) is 50.3 Å². The summed E-state index contributed by atoms with van der Waals surface area (Å²) in [5.74, 6) is 0. The topological polar surface area (TPSA) is 17.8 Å². The number of hydrogen-bond acceptors (Lipinski definition) is 1. The summed E-state index contributed by atoms with van der Waals surface area (Å²) in [6.45, 7) is 0. The lowest BCUT2D eigenvalue weighted by atomic mass is 9.85. The maximum Gasteiger partial charge on any atom is 0.0788 e. The number of nitrogens with zero attached hydrogens (tertiary/aromatic N) is 2. The molecule has 0 N–H and O–H groups in total. The number of rotatable bonds is 5. The highest BCUT2D eigenvalue weighted by Gasteiger charge is 2.20. The van der Waals surface area contributed by atoms with Gasteiger partial charge >= 0.3 is 0 Å². The molecule has 0 spiro atoms. The molecule has 0 aliphatic heterocycles. The Labute approximate surface area is 364 Å². The molecule has 0 saturated carbocycles. The molecule has 0 radical (unpaired) electrons. The lowest BCUT2D eigenvalue weighted by Crippen LogP contribution is -1.94. The van der Waals surface area contributed by atoms with Gasteiger partial charge in [0.1, 0.15) is 0 Å². The first-order valence-electron chi connectivity index (χ1n) is 21.7. The Morgan fingerprint density at radius 1 is 0.270 bits per heavy atom. The minimum atomic E-state index is 0.984. The second-order valence-corrected chi connectivity index (χ2v) is 16.6. The van der Waals surface area contributed by atoms with E-state index in [0.717, 1.165) is 38.8 Å². The SMILES string of the molecule is c1ccc(-c2nc3ccc(-c4ccc(-c5c6ccccc6c(-c6ccc7ccccc7c6)c6ccccc56)cc4)cc3c3cc4c5ccccc5n(-c5ccccc5)c4cc23)cc1. The zero-order valence-electron chi connectivity index (χ0n) is 34.3. The Hall–Kier alpha value is -8.33. The Balaban J connectivity index is 0.987. The molecule has 0 aliphatic carbocycles. The van der Waals surface area contributed by atoms with E-state index in [2.05, 4.69) is 235 Å². The van der Waals surface area contributed by atoms with Gasteiger partial charge in [0.05, 0.1) is 22.2 Å². The van der Waals surface area contributed by atoms with E-state index >= 15 is 0 Å². The maximum atomic E-state index is 5.42. The largest absolute Gasteiger partial charge is 0.309 e. The molecule has 2 aromatic heterocycles. The van der Waals surface area contributed by atoms with Crippen LogP contribution in [0.15, 0.2) is 231 Å². The van der Waals surface area contributed by atoms with Crippen molar-refractivity contribution in [1.29, 1.82) is 0 Å². The highest BCUT2D eigenvalue weighted by molar-refractivity contribution is 6.23. The van der Waals surface area contributed by atoms with Crippen LogP contribution in [0, 0.1) is 0 Å². The number of fused-ring (bicyclic) bond motifs is 9. The number of aromatic nitrogens is 2. The van der Waals surface area contributed by atoms with Gasteiger partial charge in [-0.25, -0.2) is 4.98 Å². The van der Waals surface area contributed by atoms with Crippen molar-refractivity contribution in [1.82, 2.24) is 9.55 Å².